The van der Waals surface area contributed by atoms with Gasteiger partial charge in [0.15, 0.2) is 0 Å². The van der Waals surface area contributed by atoms with Crippen molar-refractivity contribution < 1.29 is 0 Å². The van der Waals surface area contributed by atoms with Gasteiger partial charge in [-0.15, -0.1) is 0 Å². The lowest BCUT2D eigenvalue weighted by Gasteiger charge is -2.24. The monoisotopic (exact) mass is 270 g/mol. The van der Waals surface area contributed by atoms with E-state index in [0.717, 1.165) is 42.1 Å². The average Bonchev–Trinajstić information content (AvgIpc) is 3.29. The van der Waals surface area contributed by atoms with Crippen molar-refractivity contribution in [3.63, 3.8) is 0 Å². The molecule has 1 N–H and O–H groups in total. The Hall–Kier alpha value is -1.84. The van der Waals surface area contributed by atoms with Gasteiger partial charge in [0.1, 0.15) is 5.82 Å². The van der Waals surface area contributed by atoms with Gasteiger partial charge in [0.05, 0.1) is 5.52 Å². The molecule has 2 aromatic rings. The van der Waals surface area contributed by atoms with E-state index in [1.54, 1.807) is 0 Å². The molecule has 0 bridgehead atoms. The molecule has 1 aromatic heterocycles. The van der Waals surface area contributed by atoms with Crippen LogP contribution >= 0.6 is 0 Å². The molecule has 0 amide bonds. The van der Waals surface area contributed by atoms with Gasteiger partial charge in [-0.05, 0) is 37.3 Å². The van der Waals surface area contributed by atoms with Crippen molar-refractivity contribution in [2.75, 3.05) is 30.4 Å². The normalized spacial score (nSPS) is 14.5. The first-order chi connectivity index (χ1) is 9.81. The van der Waals surface area contributed by atoms with Crippen LogP contribution in [-0.2, 0) is 0 Å². The standard InChI is InChI=1S/C16H22N4/c1-3-10-20(11-12-8-9-12)15-13-6-4-5-7-14(13)18-16(17-2)19-15/h4-7,12H,3,8-11H2,1-2H3,(H,17,18,19). The van der Waals surface area contributed by atoms with Gasteiger partial charge >= 0.3 is 0 Å². The van der Waals surface area contributed by atoms with E-state index in [1.807, 2.05) is 13.1 Å². The SMILES string of the molecule is CCCN(CC1CC1)c1nc(NC)nc2ccccc12. The minimum absolute atomic E-state index is 0.704. The van der Waals surface area contributed by atoms with Gasteiger partial charge < -0.3 is 10.2 Å². The number of rotatable bonds is 6. The Balaban J connectivity index is 2.05. The molecule has 0 aliphatic heterocycles. The van der Waals surface area contributed by atoms with E-state index in [1.165, 1.54) is 12.8 Å². The quantitative estimate of drug-likeness (QED) is 0.874. The first kappa shape index (κ1) is 13.2. The van der Waals surface area contributed by atoms with Crippen molar-refractivity contribution in [1.29, 1.82) is 0 Å². The van der Waals surface area contributed by atoms with Crippen LogP contribution in [0.15, 0.2) is 24.3 Å². The minimum atomic E-state index is 0.704. The highest BCUT2D eigenvalue weighted by atomic mass is 15.2. The average molecular weight is 270 g/mol. The zero-order valence-corrected chi connectivity index (χ0v) is 12.3. The van der Waals surface area contributed by atoms with Crippen molar-refractivity contribution in [3.8, 4) is 0 Å². The Morgan fingerprint density at radius 1 is 1.25 bits per heavy atom. The lowest BCUT2D eigenvalue weighted by molar-refractivity contribution is 0.701. The van der Waals surface area contributed by atoms with Gasteiger partial charge in [0, 0.05) is 25.5 Å². The lowest BCUT2D eigenvalue weighted by Crippen LogP contribution is -2.28. The molecule has 3 rings (SSSR count). The van der Waals surface area contributed by atoms with E-state index in [9.17, 15) is 0 Å². The van der Waals surface area contributed by atoms with E-state index in [4.69, 9.17) is 4.98 Å². The van der Waals surface area contributed by atoms with Crippen LogP contribution in [0.3, 0.4) is 0 Å². The molecule has 1 fully saturated rings. The summed E-state index contributed by atoms with van der Waals surface area (Å²) in [4.78, 5) is 11.7. The topological polar surface area (TPSA) is 41.1 Å². The maximum atomic E-state index is 4.72. The summed E-state index contributed by atoms with van der Waals surface area (Å²) in [5.74, 6) is 2.64. The predicted molar refractivity (Wildman–Crippen MR) is 84.3 cm³/mol. The molecule has 1 aliphatic carbocycles. The number of aromatic nitrogens is 2. The molecule has 0 atom stereocenters. The third-order valence-electron chi connectivity index (χ3n) is 3.78. The first-order valence-corrected chi connectivity index (χ1v) is 7.51. The fourth-order valence-electron chi connectivity index (χ4n) is 2.58. The molecule has 1 aromatic carbocycles. The fourth-order valence-corrected chi connectivity index (χ4v) is 2.58. The van der Waals surface area contributed by atoms with Gasteiger partial charge in [-0.25, -0.2) is 4.98 Å². The molecule has 1 aliphatic rings. The molecule has 20 heavy (non-hydrogen) atoms. The zero-order valence-electron chi connectivity index (χ0n) is 12.3. The van der Waals surface area contributed by atoms with Crippen LogP contribution in [0.25, 0.3) is 10.9 Å². The van der Waals surface area contributed by atoms with Gasteiger partial charge in [-0.2, -0.15) is 4.98 Å². The Bertz CT molecular complexity index is 592. The zero-order chi connectivity index (χ0) is 13.9. The highest BCUT2D eigenvalue weighted by Crippen LogP contribution is 2.33. The summed E-state index contributed by atoms with van der Waals surface area (Å²) in [5, 5.41) is 4.23. The molecular weight excluding hydrogens is 248 g/mol. The molecule has 1 saturated carbocycles. The summed E-state index contributed by atoms with van der Waals surface area (Å²) in [5.41, 5.74) is 1.01. The van der Waals surface area contributed by atoms with E-state index in [-0.39, 0.29) is 0 Å². The fraction of sp³-hybridized carbons (Fsp3) is 0.500. The van der Waals surface area contributed by atoms with Crippen molar-refractivity contribution in [3.05, 3.63) is 24.3 Å². The second-order valence-electron chi connectivity index (χ2n) is 5.53. The van der Waals surface area contributed by atoms with Crippen LogP contribution in [-0.4, -0.2) is 30.1 Å². The number of anilines is 2. The van der Waals surface area contributed by atoms with Crippen molar-refractivity contribution in [2.24, 2.45) is 5.92 Å². The minimum Gasteiger partial charge on any atom is -0.357 e. The van der Waals surface area contributed by atoms with Crippen LogP contribution in [0.5, 0.6) is 0 Å². The molecule has 4 heteroatoms. The van der Waals surface area contributed by atoms with Crippen LogP contribution < -0.4 is 10.2 Å². The van der Waals surface area contributed by atoms with Crippen LogP contribution in [0.4, 0.5) is 11.8 Å². The molecular formula is C16H22N4. The molecule has 0 saturated heterocycles. The summed E-state index contributed by atoms with van der Waals surface area (Å²) in [6.07, 6.45) is 3.87. The van der Waals surface area contributed by atoms with Crippen molar-refractivity contribution in [1.82, 2.24) is 9.97 Å². The highest BCUT2D eigenvalue weighted by molar-refractivity contribution is 5.90. The third kappa shape index (κ3) is 2.69. The number of hydrogen-bond acceptors (Lipinski definition) is 4. The number of hydrogen-bond donors (Lipinski definition) is 1. The Morgan fingerprint density at radius 2 is 2.05 bits per heavy atom. The van der Waals surface area contributed by atoms with Crippen LogP contribution in [0.1, 0.15) is 26.2 Å². The number of nitrogens with one attached hydrogen (secondary N) is 1. The van der Waals surface area contributed by atoms with Crippen molar-refractivity contribution >= 4 is 22.7 Å². The molecule has 0 spiro atoms. The number of para-hydroxylation sites is 1. The summed E-state index contributed by atoms with van der Waals surface area (Å²) < 4.78 is 0. The highest BCUT2D eigenvalue weighted by Gasteiger charge is 2.25. The predicted octanol–water partition coefficient (Wildman–Crippen LogP) is 3.30. The lowest BCUT2D eigenvalue weighted by atomic mass is 10.2. The van der Waals surface area contributed by atoms with Crippen LogP contribution in [0, 0.1) is 5.92 Å². The maximum Gasteiger partial charge on any atom is 0.224 e. The van der Waals surface area contributed by atoms with E-state index < -0.39 is 0 Å². The molecule has 106 valence electrons. The van der Waals surface area contributed by atoms with Crippen LogP contribution in [0.2, 0.25) is 0 Å². The molecule has 4 nitrogen and oxygen atoms in total. The first-order valence-electron chi connectivity index (χ1n) is 7.51. The Morgan fingerprint density at radius 3 is 2.75 bits per heavy atom. The van der Waals surface area contributed by atoms with E-state index in [0.29, 0.717) is 5.95 Å². The summed E-state index contributed by atoms with van der Waals surface area (Å²) in [7, 11) is 1.87. The summed E-state index contributed by atoms with van der Waals surface area (Å²) >= 11 is 0. The molecule has 0 unspecified atom stereocenters. The third-order valence-corrected chi connectivity index (χ3v) is 3.78. The largest absolute Gasteiger partial charge is 0.357 e. The number of benzene rings is 1. The van der Waals surface area contributed by atoms with Gasteiger partial charge in [0.2, 0.25) is 5.95 Å². The van der Waals surface area contributed by atoms with Gasteiger partial charge in [0.25, 0.3) is 0 Å². The summed E-state index contributed by atoms with van der Waals surface area (Å²) in [6, 6.07) is 8.28. The summed E-state index contributed by atoms with van der Waals surface area (Å²) in [6.45, 7) is 4.40. The van der Waals surface area contributed by atoms with Gasteiger partial charge in [-0.3, -0.25) is 0 Å². The second kappa shape index (κ2) is 5.65. The van der Waals surface area contributed by atoms with Crippen molar-refractivity contribution in [2.45, 2.75) is 26.2 Å². The second-order valence-corrected chi connectivity index (χ2v) is 5.53. The smallest absolute Gasteiger partial charge is 0.224 e. The van der Waals surface area contributed by atoms with E-state index >= 15 is 0 Å². The number of fused-ring (bicyclic) bond motifs is 1. The van der Waals surface area contributed by atoms with E-state index in [2.05, 4.69) is 40.3 Å². The number of nitrogens with zero attached hydrogens (tertiary/aromatic N) is 3. The maximum absolute atomic E-state index is 4.72. The molecule has 0 radical (unpaired) electrons. The Labute approximate surface area is 120 Å². The Kier molecular flexibility index (Phi) is 3.72. The van der Waals surface area contributed by atoms with Gasteiger partial charge in [-0.1, -0.05) is 19.1 Å². The molecule has 1 heterocycles.